The number of likely N-dealkylation sites (N-methyl/N-ethyl adjacent to an activating group) is 1. The fraction of sp³-hybridized carbons (Fsp3) is 0.238. The maximum absolute atomic E-state index is 14.2. The zero-order valence-electron chi connectivity index (χ0n) is 15.7. The first-order chi connectivity index (χ1) is 12.9. The van der Waals surface area contributed by atoms with Gasteiger partial charge in [-0.3, -0.25) is 4.79 Å². The average molecular weight is 368 g/mol. The molecule has 0 unspecified atom stereocenters. The number of nitrogens with zero attached hydrogens (tertiary/aromatic N) is 2. The topological polar surface area (TPSA) is 51.7 Å². The quantitative estimate of drug-likeness (QED) is 0.687. The number of fused-ring (bicyclic) bond motifs is 1. The fourth-order valence-corrected chi connectivity index (χ4v) is 2.78. The molecular formula is C21H21FN2O3. The summed E-state index contributed by atoms with van der Waals surface area (Å²) in [5.41, 5.74) is 3.02. The summed E-state index contributed by atoms with van der Waals surface area (Å²) in [5, 5.41) is 0.848. The second-order valence-corrected chi connectivity index (χ2v) is 6.42. The minimum absolute atomic E-state index is 0.153. The van der Waals surface area contributed by atoms with Crippen LogP contribution >= 0.6 is 0 Å². The number of aryl methyl sites for hydroxylation is 1. The van der Waals surface area contributed by atoms with Crippen molar-refractivity contribution in [3.8, 4) is 22.6 Å². The molecule has 1 amide bonds. The third kappa shape index (κ3) is 4.00. The lowest BCUT2D eigenvalue weighted by Gasteiger charge is -2.14. The predicted octanol–water partition coefficient (Wildman–Crippen LogP) is 3.82. The molecule has 6 heteroatoms. The molecule has 0 saturated heterocycles. The van der Waals surface area contributed by atoms with E-state index in [1.54, 1.807) is 27.3 Å². The lowest BCUT2D eigenvalue weighted by Crippen LogP contribution is -2.27. The van der Waals surface area contributed by atoms with Crippen molar-refractivity contribution in [2.45, 2.75) is 6.92 Å². The molecule has 0 aliphatic carbocycles. The number of rotatable bonds is 5. The Bertz CT molecular complexity index is 1000. The first-order valence-electron chi connectivity index (χ1n) is 8.47. The van der Waals surface area contributed by atoms with Crippen LogP contribution in [0.5, 0.6) is 11.5 Å². The Morgan fingerprint density at radius 1 is 1.15 bits per heavy atom. The van der Waals surface area contributed by atoms with Crippen LogP contribution in [0, 0.1) is 12.7 Å². The second-order valence-electron chi connectivity index (χ2n) is 6.42. The summed E-state index contributed by atoms with van der Waals surface area (Å²) in [6.45, 7) is 1.75. The number of halogens is 1. The number of carbonyl (C=O) groups excluding carboxylic acids is 1. The Balaban J connectivity index is 2.05. The standard InChI is InChI=1S/C21H21FN2O3/c1-13-5-6-18-17(7-8-19(26-4)21(18)23-13)14-9-15(22)11-16(10-14)27-12-20(25)24(2)3/h5-11H,12H2,1-4H3. The number of aromatic nitrogens is 1. The molecule has 0 radical (unpaired) electrons. The maximum atomic E-state index is 14.2. The number of pyridine rings is 1. The zero-order valence-corrected chi connectivity index (χ0v) is 15.7. The molecule has 1 heterocycles. The molecule has 0 spiro atoms. The summed E-state index contributed by atoms with van der Waals surface area (Å²) in [6.07, 6.45) is 0. The largest absolute Gasteiger partial charge is 0.494 e. The van der Waals surface area contributed by atoms with Crippen molar-refractivity contribution in [3.05, 3.63) is 54.0 Å². The Labute approximate surface area is 157 Å². The van der Waals surface area contributed by atoms with Crippen molar-refractivity contribution in [3.63, 3.8) is 0 Å². The molecule has 5 nitrogen and oxygen atoms in total. The van der Waals surface area contributed by atoms with Gasteiger partial charge in [-0.25, -0.2) is 9.37 Å². The van der Waals surface area contributed by atoms with Gasteiger partial charge in [0.25, 0.3) is 5.91 Å². The highest BCUT2D eigenvalue weighted by Gasteiger charge is 2.13. The number of hydrogen-bond donors (Lipinski definition) is 0. The average Bonchev–Trinajstić information content (AvgIpc) is 2.64. The van der Waals surface area contributed by atoms with E-state index in [9.17, 15) is 9.18 Å². The second kappa shape index (κ2) is 7.61. The summed E-state index contributed by atoms with van der Waals surface area (Å²) in [7, 11) is 4.87. The summed E-state index contributed by atoms with van der Waals surface area (Å²) in [6, 6.07) is 11.9. The zero-order chi connectivity index (χ0) is 19.6. The predicted molar refractivity (Wildman–Crippen MR) is 103 cm³/mol. The third-order valence-electron chi connectivity index (χ3n) is 4.22. The van der Waals surface area contributed by atoms with Crippen LogP contribution in [0.2, 0.25) is 0 Å². The smallest absolute Gasteiger partial charge is 0.259 e. The summed E-state index contributed by atoms with van der Waals surface area (Å²) in [4.78, 5) is 17.7. The van der Waals surface area contributed by atoms with E-state index >= 15 is 0 Å². The number of methoxy groups -OCH3 is 1. The normalized spacial score (nSPS) is 10.7. The van der Waals surface area contributed by atoms with E-state index in [2.05, 4.69) is 4.98 Å². The first-order valence-corrected chi connectivity index (χ1v) is 8.47. The molecular weight excluding hydrogens is 347 g/mol. The molecule has 140 valence electrons. The van der Waals surface area contributed by atoms with Crippen LogP contribution in [-0.2, 0) is 4.79 Å². The van der Waals surface area contributed by atoms with Gasteiger partial charge in [0.15, 0.2) is 6.61 Å². The highest BCUT2D eigenvalue weighted by atomic mass is 19.1. The van der Waals surface area contributed by atoms with Crippen LogP contribution in [0.15, 0.2) is 42.5 Å². The van der Waals surface area contributed by atoms with Crippen LogP contribution in [0.3, 0.4) is 0 Å². The van der Waals surface area contributed by atoms with E-state index < -0.39 is 5.82 Å². The Morgan fingerprint density at radius 2 is 1.93 bits per heavy atom. The summed E-state index contributed by atoms with van der Waals surface area (Å²) in [5.74, 6) is 0.311. The van der Waals surface area contributed by atoms with Gasteiger partial charge in [0.05, 0.1) is 7.11 Å². The number of carbonyl (C=O) groups is 1. The molecule has 1 aromatic heterocycles. The van der Waals surface area contributed by atoms with Crippen LogP contribution in [0.4, 0.5) is 4.39 Å². The first kappa shape index (κ1) is 18.6. The van der Waals surface area contributed by atoms with E-state index in [0.717, 1.165) is 16.6 Å². The van der Waals surface area contributed by atoms with Crippen molar-refractivity contribution < 1.29 is 18.7 Å². The van der Waals surface area contributed by atoms with Gasteiger partial charge in [-0.2, -0.15) is 0 Å². The minimum atomic E-state index is -0.441. The molecule has 0 bridgehead atoms. The minimum Gasteiger partial charge on any atom is -0.494 e. The highest BCUT2D eigenvalue weighted by Crippen LogP contribution is 2.35. The van der Waals surface area contributed by atoms with Crippen LogP contribution < -0.4 is 9.47 Å². The van der Waals surface area contributed by atoms with Gasteiger partial charge >= 0.3 is 0 Å². The van der Waals surface area contributed by atoms with Crippen molar-refractivity contribution in [2.24, 2.45) is 0 Å². The third-order valence-corrected chi connectivity index (χ3v) is 4.22. The van der Waals surface area contributed by atoms with Gasteiger partial charge in [-0.1, -0.05) is 6.07 Å². The van der Waals surface area contributed by atoms with Crippen LogP contribution in [0.25, 0.3) is 22.0 Å². The van der Waals surface area contributed by atoms with E-state index in [4.69, 9.17) is 9.47 Å². The van der Waals surface area contributed by atoms with Crippen LogP contribution in [-0.4, -0.2) is 43.6 Å². The van der Waals surface area contributed by atoms with E-state index in [0.29, 0.717) is 22.6 Å². The maximum Gasteiger partial charge on any atom is 0.259 e. The van der Waals surface area contributed by atoms with Crippen molar-refractivity contribution in [2.75, 3.05) is 27.8 Å². The molecule has 0 aliphatic heterocycles. The number of hydrogen-bond acceptors (Lipinski definition) is 4. The van der Waals surface area contributed by atoms with Crippen LogP contribution in [0.1, 0.15) is 5.69 Å². The van der Waals surface area contributed by atoms with Gasteiger partial charge in [-0.05, 0) is 48.4 Å². The summed E-state index contributed by atoms with van der Waals surface area (Å²) >= 11 is 0. The van der Waals surface area contributed by atoms with Gasteiger partial charge < -0.3 is 14.4 Å². The fourth-order valence-electron chi connectivity index (χ4n) is 2.78. The molecule has 3 aromatic rings. The van der Waals surface area contributed by atoms with Crippen molar-refractivity contribution >= 4 is 16.8 Å². The Hall–Kier alpha value is -3.15. The van der Waals surface area contributed by atoms with E-state index in [1.807, 2.05) is 31.2 Å². The molecule has 0 N–H and O–H groups in total. The molecule has 2 aromatic carbocycles. The molecule has 0 fully saturated rings. The van der Waals surface area contributed by atoms with Gasteiger partial charge in [-0.15, -0.1) is 0 Å². The molecule has 3 rings (SSSR count). The van der Waals surface area contributed by atoms with Crippen molar-refractivity contribution in [1.82, 2.24) is 9.88 Å². The van der Waals surface area contributed by atoms with E-state index in [-0.39, 0.29) is 12.5 Å². The number of amides is 1. The van der Waals surface area contributed by atoms with E-state index in [1.165, 1.54) is 17.0 Å². The number of ether oxygens (including phenoxy) is 2. The lowest BCUT2D eigenvalue weighted by molar-refractivity contribution is -0.130. The van der Waals surface area contributed by atoms with Gasteiger partial charge in [0, 0.05) is 31.2 Å². The van der Waals surface area contributed by atoms with Gasteiger partial charge in [0.1, 0.15) is 22.8 Å². The van der Waals surface area contributed by atoms with Gasteiger partial charge in [0.2, 0.25) is 0 Å². The molecule has 0 saturated carbocycles. The SMILES string of the molecule is COc1ccc(-c2cc(F)cc(OCC(=O)N(C)C)c2)c2ccc(C)nc12. The summed E-state index contributed by atoms with van der Waals surface area (Å²) < 4.78 is 25.1. The Morgan fingerprint density at radius 3 is 2.63 bits per heavy atom. The lowest BCUT2D eigenvalue weighted by atomic mass is 9.99. The monoisotopic (exact) mass is 368 g/mol. The highest BCUT2D eigenvalue weighted by molar-refractivity contribution is 5.98. The molecule has 0 aliphatic rings. The van der Waals surface area contributed by atoms with Crippen molar-refractivity contribution in [1.29, 1.82) is 0 Å². The molecule has 0 atom stereocenters. The number of benzene rings is 2. The molecule has 27 heavy (non-hydrogen) atoms. The Kier molecular flexibility index (Phi) is 5.26.